The first-order valence-electron chi connectivity index (χ1n) is 9.88. The van der Waals surface area contributed by atoms with Crippen LogP contribution in [0.2, 0.25) is 0 Å². The smallest absolute Gasteiger partial charge is 0.410 e. The molecule has 1 rings (SSSR count). The van der Waals surface area contributed by atoms with Gasteiger partial charge in [0.2, 0.25) is 6.79 Å². The summed E-state index contributed by atoms with van der Waals surface area (Å²) in [5.74, 6) is -0.732. The summed E-state index contributed by atoms with van der Waals surface area (Å²) < 4.78 is 45.5. The molecule has 1 fully saturated rings. The van der Waals surface area contributed by atoms with Crippen LogP contribution in [0.25, 0.3) is 0 Å². The van der Waals surface area contributed by atoms with Gasteiger partial charge in [0.25, 0.3) is 0 Å². The standard InChI is InChI=1S/C20H32F2N2O7/c1-7-15(25)29-12-30-17(27)24-19(6)9-14(8-18(4,5)10-19)23-16(26)28-11-20(21,22)31-13(2)3/h7,13-14H,1,8-12H2,2-6H3,(H,23,26)(H,24,27). The first-order chi connectivity index (χ1) is 14.2. The summed E-state index contributed by atoms with van der Waals surface area (Å²) in [7, 11) is 0. The third kappa shape index (κ3) is 10.4. The Bertz CT molecular complexity index is 670. The van der Waals surface area contributed by atoms with Crippen LogP contribution in [0.3, 0.4) is 0 Å². The zero-order valence-corrected chi connectivity index (χ0v) is 18.6. The predicted molar refractivity (Wildman–Crippen MR) is 106 cm³/mol. The second-order valence-electron chi connectivity index (χ2n) is 8.87. The average Bonchev–Trinajstić information content (AvgIpc) is 2.56. The summed E-state index contributed by atoms with van der Waals surface area (Å²) >= 11 is 0. The third-order valence-corrected chi connectivity index (χ3v) is 4.43. The Morgan fingerprint density at radius 1 is 1.13 bits per heavy atom. The summed E-state index contributed by atoms with van der Waals surface area (Å²) in [5.41, 5.74) is -1.07. The first-order valence-corrected chi connectivity index (χ1v) is 9.88. The molecular formula is C20H32F2N2O7. The van der Waals surface area contributed by atoms with Crippen LogP contribution in [0, 0.1) is 5.41 Å². The van der Waals surface area contributed by atoms with E-state index in [1.165, 1.54) is 13.8 Å². The van der Waals surface area contributed by atoms with Gasteiger partial charge in [0.1, 0.15) is 0 Å². The first kappa shape index (κ1) is 26.6. The van der Waals surface area contributed by atoms with Crippen LogP contribution in [0.5, 0.6) is 0 Å². The highest BCUT2D eigenvalue weighted by Gasteiger charge is 2.43. The molecule has 0 heterocycles. The van der Waals surface area contributed by atoms with Gasteiger partial charge in [-0.2, -0.15) is 8.78 Å². The number of carbonyl (C=O) groups excluding carboxylic acids is 3. The topological polar surface area (TPSA) is 112 Å². The van der Waals surface area contributed by atoms with Gasteiger partial charge in [0.05, 0.1) is 6.10 Å². The van der Waals surface area contributed by atoms with E-state index in [0.29, 0.717) is 19.3 Å². The normalized spacial score (nSPS) is 22.9. The number of amides is 2. The van der Waals surface area contributed by atoms with Crippen molar-refractivity contribution in [2.45, 2.75) is 77.7 Å². The van der Waals surface area contributed by atoms with Gasteiger partial charge >= 0.3 is 24.3 Å². The molecule has 0 aliphatic heterocycles. The maximum absolute atomic E-state index is 13.6. The van der Waals surface area contributed by atoms with Gasteiger partial charge in [-0.25, -0.2) is 14.4 Å². The van der Waals surface area contributed by atoms with Crippen LogP contribution < -0.4 is 10.6 Å². The molecule has 0 aromatic heterocycles. The van der Waals surface area contributed by atoms with Crippen molar-refractivity contribution >= 4 is 18.2 Å². The van der Waals surface area contributed by atoms with Crippen molar-refractivity contribution in [3.05, 3.63) is 12.7 Å². The van der Waals surface area contributed by atoms with E-state index in [4.69, 9.17) is 4.74 Å². The minimum absolute atomic E-state index is 0.293. The quantitative estimate of drug-likeness (QED) is 0.314. The number of carbonyl (C=O) groups is 3. The van der Waals surface area contributed by atoms with E-state index >= 15 is 0 Å². The maximum Gasteiger partial charge on any atom is 0.410 e. The molecule has 2 unspecified atom stereocenters. The van der Waals surface area contributed by atoms with Crippen molar-refractivity contribution in [2.75, 3.05) is 13.4 Å². The Labute approximate surface area is 180 Å². The number of rotatable bonds is 9. The summed E-state index contributed by atoms with van der Waals surface area (Å²) in [5, 5.41) is 5.29. The van der Waals surface area contributed by atoms with Gasteiger partial charge in [-0.3, -0.25) is 0 Å². The second-order valence-corrected chi connectivity index (χ2v) is 8.87. The van der Waals surface area contributed by atoms with E-state index in [1.54, 1.807) is 6.92 Å². The third-order valence-electron chi connectivity index (χ3n) is 4.43. The van der Waals surface area contributed by atoms with Gasteiger partial charge in [-0.15, -0.1) is 0 Å². The molecule has 2 N–H and O–H groups in total. The predicted octanol–water partition coefficient (Wildman–Crippen LogP) is 3.48. The molecule has 0 radical (unpaired) electrons. The number of hydrogen-bond donors (Lipinski definition) is 2. The molecule has 11 heteroatoms. The van der Waals surface area contributed by atoms with E-state index in [1.807, 2.05) is 13.8 Å². The molecule has 0 bridgehead atoms. The molecule has 0 aromatic carbocycles. The number of nitrogens with one attached hydrogen (secondary N) is 2. The highest BCUT2D eigenvalue weighted by Crippen LogP contribution is 2.41. The Morgan fingerprint density at radius 3 is 2.35 bits per heavy atom. The Balaban J connectivity index is 2.63. The number of esters is 1. The summed E-state index contributed by atoms with van der Waals surface area (Å²) in [6.45, 7) is 10.0. The van der Waals surface area contributed by atoms with Crippen LogP contribution in [0.4, 0.5) is 18.4 Å². The van der Waals surface area contributed by atoms with Crippen LogP contribution in [0.1, 0.15) is 53.9 Å². The molecule has 1 saturated carbocycles. The van der Waals surface area contributed by atoms with Crippen LogP contribution >= 0.6 is 0 Å². The van der Waals surface area contributed by atoms with Crippen LogP contribution in [-0.4, -0.2) is 55.3 Å². The van der Waals surface area contributed by atoms with E-state index in [0.717, 1.165) is 6.08 Å². The van der Waals surface area contributed by atoms with Crippen LogP contribution in [0.15, 0.2) is 12.7 Å². The number of hydrogen-bond acceptors (Lipinski definition) is 7. The molecule has 1 aliphatic rings. The summed E-state index contributed by atoms with van der Waals surface area (Å²) in [6, 6.07) is -0.445. The molecular weight excluding hydrogens is 418 g/mol. The van der Waals surface area contributed by atoms with Gasteiger partial charge in [-0.1, -0.05) is 20.4 Å². The number of alkyl carbamates (subject to hydrolysis) is 2. The molecule has 178 valence electrons. The molecule has 0 aromatic rings. The van der Waals surface area contributed by atoms with Gasteiger partial charge in [0, 0.05) is 17.7 Å². The van der Waals surface area contributed by atoms with Gasteiger partial charge in [-0.05, 0) is 45.4 Å². The van der Waals surface area contributed by atoms with Crippen molar-refractivity contribution in [2.24, 2.45) is 5.41 Å². The number of ether oxygens (including phenoxy) is 4. The van der Waals surface area contributed by atoms with Crippen molar-refractivity contribution in [3.63, 3.8) is 0 Å². The monoisotopic (exact) mass is 450 g/mol. The Morgan fingerprint density at radius 2 is 1.77 bits per heavy atom. The van der Waals surface area contributed by atoms with Crippen molar-refractivity contribution < 1.29 is 42.1 Å². The molecule has 2 amide bonds. The number of halogens is 2. The summed E-state index contributed by atoms with van der Waals surface area (Å²) in [4.78, 5) is 35.1. The molecule has 31 heavy (non-hydrogen) atoms. The molecule has 0 spiro atoms. The van der Waals surface area contributed by atoms with Crippen molar-refractivity contribution in [1.29, 1.82) is 0 Å². The fourth-order valence-electron chi connectivity index (χ4n) is 3.90. The van der Waals surface area contributed by atoms with Crippen molar-refractivity contribution in [1.82, 2.24) is 10.6 Å². The van der Waals surface area contributed by atoms with E-state index in [-0.39, 0.29) is 5.41 Å². The Hall–Kier alpha value is -2.43. The highest BCUT2D eigenvalue weighted by atomic mass is 19.3. The lowest BCUT2D eigenvalue weighted by molar-refractivity contribution is -0.272. The number of alkyl halides is 2. The van der Waals surface area contributed by atoms with E-state index in [2.05, 4.69) is 31.4 Å². The maximum atomic E-state index is 13.6. The molecule has 0 saturated heterocycles. The van der Waals surface area contributed by atoms with Gasteiger partial charge < -0.3 is 29.6 Å². The second kappa shape index (κ2) is 10.7. The van der Waals surface area contributed by atoms with Crippen molar-refractivity contribution in [3.8, 4) is 0 Å². The Kier molecular flexibility index (Phi) is 9.22. The SMILES string of the molecule is C=CC(=O)OCOC(=O)NC1(C)CC(NC(=O)OCC(F)(F)OC(C)C)CC(C)(C)C1. The minimum atomic E-state index is -3.59. The van der Waals surface area contributed by atoms with Gasteiger partial charge in [0.15, 0.2) is 6.61 Å². The highest BCUT2D eigenvalue weighted by molar-refractivity contribution is 5.81. The fourth-order valence-corrected chi connectivity index (χ4v) is 3.90. The van der Waals surface area contributed by atoms with Crippen LogP contribution in [-0.2, 0) is 23.7 Å². The van der Waals surface area contributed by atoms with E-state index < -0.39 is 55.3 Å². The lowest BCUT2D eigenvalue weighted by atomic mass is 9.67. The zero-order chi connectivity index (χ0) is 23.9. The van der Waals surface area contributed by atoms with E-state index in [9.17, 15) is 23.2 Å². The largest absolute Gasteiger partial charge is 0.440 e. The molecule has 2 atom stereocenters. The lowest BCUT2D eigenvalue weighted by Gasteiger charge is -2.46. The average molecular weight is 450 g/mol. The molecule has 9 nitrogen and oxygen atoms in total. The minimum Gasteiger partial charge on any atom is -0.440 e. The fraction of sp³-hybridized carbons (Fsp3) is 0.750. The lowest BCUT2D eigenvalue weighted by Crippen LogP contribution is -2.57. The zero-order valence-electron chi connectivity index (χ0n) is 18.6. The summed E-state index contributed by atoms with van der Waals surface area (Å²) in [6.07, 6.45) is -3.77. The molecule has 1 aliphatic carbocycles.